The molecule has 0 radical (unpaired) electrons. The fraction of sp³-hybridized carbons (Fsp3) is 0.500. The second-order valence-electron chi connectivity index (χ2n) is 7.74. The molecule has 0 aliphatic carbocycles. The van der Waals surface area contributed by atoms with Crippen molar-refractivity contribution < 1.29 is 19.2 Å². The van der Waals surface area contributed by atoms with Crippen LogP contribution in [-0.4, -0.2) is 56.7 Å². The first-order valence-electron chi connectivity index (χ1n) is 9.04. The van der Waals surface area contributed by atoms with Gasteiger partial charge in [0.2, 0.25) is 5.75 Å². The molecular weight excluding hydrogens is 398 g/mol. The maximum absolute atomic E-state index is 13.2. The van der Waals surface area contributed by atoms with Gasteiger partial charge in [-0.2, -0.15) is 5.10 Å². The number of nitro groups is 1. The van der Waals surface area contributed by atoms with Gasteiger partial charge in [-0.05, 0) is 12.5 Å². The summed E-state index contributed by atoms with van der Waals surface area (Å²) in [5.41, 5.74) is 0.998. The van der Waals surface area contributed by atoms with Gasteiger partial charge in [-0.3, -0.25) is 24.4 Å². The molecule has 29 heavy (non-hydrogen) atoms. The van der Waals surface area contributed by atoms with Gasteiger partial charge in [0.05, 0.1) is 17.7 Å². The molecule has 0 N–H and O–H groups in total. The molecule has 1 aliphatic rings. The molecule has 0 bridgehead atoms. The van der Waals surface area contributed by atoms with Crippen LogP contribution in [0.5, 0.6) is 5.75 Å². The van der Waals surface area contributed by atoms with Gasteiger partial charge in [0.1, 0.15) is 11.3 Å². The maximum Gasteiger partial charge on any atom is 0.366 e. The van der Waals surface area contributed by atoms with Gasteiger partial charge < -0.3 is 4.74 Å². The number of carbonyl (C=O) groups is 2. The Labute approximate surface area is 171 Å². The molecule has 1 aliphatic heterocycles. The monoisotopic (exact) mass is 421 g/mol. The molecule has 0 atom stereocenters. The molecule has 1 fully saturated rings. The summed E-state index contributed by atoms with van der Waals surface area (Å²) in [6.07, 6.45) is 0.607. The summed E-state index contributed by atoms with van der Waals surface area (Å²) in [6.45, 7) is 6.72. The third-order valence-electron chi connectivity index (χ3n) is 4.70. The standard InChI is InChI=1S/C18H23N5O5S/c1-18(2,3)13-9-12(20(4)19-13)16(25)22-8-6-7-21(22)15(24)11-10-29-17(23(26)27)14(11)28-5/h9-10H,6-8H2,1-5H3. The van der Waals surface area contributed by atoms with E-state index < -0.39 is 10.8 Å². The van der Waals surface area contributed by atoms with Crippen LogP contribution >= 0.6 is 11.3 Å². The lowest BCUT2D eigenvalue weighted by atomic mass is 9.92. The van der Waals surface area contributed by atoms with Crippen molar-refractivity contribution in [1.82, 2.24) is 19.8 Å². The van der Waals surface area contributed by atoms with Crippen molar-refractivity contribution in [2.75, 3.05) is 20.2 Å². The topological polar surface area (TPSA) is 111 Å². The molecule has 1 saturated heterocycles. The number of ether oxygens (including phenoxy) is 1. The highest BCUT2D eigenvalue weighted by Gasteiger charge is 2.37. The zero-order chi connectivity index (χ0) is 21.5. The minimum absolute atomic E-state index is 0.0734. The fourth-order valence-corrected chi connectivity index (χ4v) is 3.97. The van der Waals surface area contributed by atoms with E-state index in [2.05, 4.69) is 5.10 Å². The first kappa shape index (κ1) is 20.8. The van der Waals surface area contributed by atoms with Gasteiger partial charge in [-0.15, -0.1) is 0 Å². The number of rotatable bonds is 4. The second-order valence-corrected chi connectivity index (χ2v) is 8.60. The van der Waals surface area contributed by atoms with Crippen LogP contribution in [0.4, 0.5) is 5.00 Å². The normalized spacial score (nSPS) is 14.4. The van der Waals surface area contributed by atoms with E-state index in [4.69, 9.17) is 4.74 Å². The lowest BCUT2D eigenvalue weighted by Gasteiger charge is -2.27. The van der Waals surface area contributed by atoms with Crippen LogP contribution in [-0.2, 0) is 12.5 Å². The number of hydrogen-bond acceptors (Lipinski definition) is 7. The molecule has 3 heterocycles. The molecule has 11 heteroatoms. The molecule has 2 amide bonds. The lowest BCUT2D eigenvalue weighted by Crippen LogP contribution is -2.45. The first-order chi connectivity index (χ1) is 13.6. The third-order valence-corrected chi connectivity index (χ3v) is 5.61. The van der Waals surface area contributed by atoms with Crippen LogP contribution in [0.15, 0.2) is 11.4 Å². The quantitative estimate of drug-likeness (QED) is 0.554. The smallest absolute Gasteiger partial charge is 0.366 e. The maximum atomic E-state index is 13.2. The van der Waals surface area contributed by atoms with E-state index in [0.717, 1.165) is 17.0 Å². The van der Waals surface area contributed by atoms with E-state index in [0.29, 0.717) is 25.2 Å². The van der Waals surface area contributed by atoms with E-state index in [1.165, 1.54) is 27.2 Å². The van der Waals surface area contributed by atoms with Gasteiger partial charge in [0, 0.05) is 30.9 Å². The zero-order valence-electron chi connectivity index (χ0n) is 17.0. The summed E-state index contributed by atoms with van der Waals surface area (Å²) in [4.78, 5) is 36.8. The molecule has 2 aromatic heterocycles. The Bertz CT molecular complexity index is 974. The van der Waals surface area contributed by atoms with Crippen molar-refractivity contribution in [1.29, 1.82) is 0 Å². The highest BCUT2D eigenvalue weighted by atomic mass is 32.1. The van der Waals surface area contributed by atoms with Crippen LogP contribution in [0.3, 0.4) is 0 Å². The Kier molecular flexibility index (Phi) is 5.35. The Balaban J connectivity index is 1.91. The predicted molar refractivity (Wildman–Crippen MR) is 106 cm³/mol. The fourth-order valence-electron chi connectivity index (χ4n) is 3.15. The molecule has 0 saturated carbocycles. The number of nitrogens with zero attached hydrogens (tertiary/aromatic N) is 5. The van der Waals surface area contributed by atoms with Gasteiger partial charge in [0.25, 0.3) is 11.8 Å². The molecule has 156 valence electrons. The van der Waals surface area contributed by atoms with Gasteiger partial charge in [-0.1, -0.05) is 32.1 Å². The minimum atomic E-state index is -0.586. The van der Waals surface area contributed by atoms with Crippen LogP contribution < -0.4 is 4.74 Å². The Morgan fingerprint density at radius 3 is 2.38 bits per heavy atom. The Hall–Kier alpha value is -2.95. The minimum Gasteiger partial charge on any atom is -0.489 e. The molecule has 0 unspecified atom stereocenters. The number of aryl methyl sites for hydroxylation is 1. The average molecular weight is 421 g/mol. The highest BCUT2D eigenvalue weighted by Crippen LogP contribution is 2.38. The zero-order valence-corrected chi connectivity index (χ0v) is 17.8. The van der Waals surface area contributed by atoms with Gasteiger partial charge in [0.15, 0.2) is 0 Å². The van der Waals surface area contributed by atoms with Crippen molar-refractivity contribution in [3.8, 4) is 5.75 Å². The summed E-state index contributed by atoms with van der Waals surface area (Å²) in [5.74, 6) is -0.930. The summed E-state index contributed by atoms with van der Waals surface area (Å²) in [5, 5.41) is 19.4. The summed E-state index contributed by atoms with van der Waals surface area (Å²) < 4.78 is 6.62. The summed E-state index contributed by atoms with van der Waals surface area (Å²) >= 11 is 0.821. The molecule has 3 rings (SSSR count). The molecular formula is C18H23N5O5S. The number of methoxy groups -OCH3 is 1. The van der Waals surface area contributed by atoms with Gasteiger partial charge in [-0.25, -0.2) is 10.0 Å². The highest BCUT2D eigenvalue weighted by molar-refractivity contribution is 7.14. The summed E-state index contributed by atoms with van der Waals surface area (Å²) in [7, 11) is 2.97. The third kappa shape index (κ3) is 3.69. The van der Waals surface area contributed by atoms with Crippen molar-refractivity contribution in [2.45, 2.75) is 32.6 Å². The van der Waals surface area contributed by atoms with E-state index in [1.807, 2.05) is 20.8 Å². The predicted octanol–water partition coefficient (Wildman–Crippen LogP) is 2.60. The first-order valence-corrected chi connectivity index (χ1v) is 9.92. The number of aromatic nitrogens is 2. The van der Waals surface area contributed by atoms with Crippen molar-refractivity contribution in [3.63, 3.8) is 0 Å². The Morgan fingerprint density at radius 1 is 1.24 bits per heavy atom. The Morgan fingerprint density at radius 2 is 1.86 bits per heavy atom. The second kappa shape index (κ2) is 7.47. The SMILES string of the molecule is COc1c(C(=O)N2CCCN2C(=O)c2cc(C(C)(C)C)nn2C)csc1[N+](=O)[O-]. The van der Waals surface area contributed by atoms with Crippen LogP contribution in [0, 0.1) is 10.1 Å². The largest absolute Gasteiger partial charge is 0.489 e. The molecule has 2 aromatic rings. The van der Waals surface area contributed by atoms with Gasteiger partial charge >= 0.3 is 5.00 Å². The summed E-state index contributed by atoms with van der Waals surface area (Å²) in [6, 6.07) is 1.74. The lowest BCUT2D eigenvalue weighted by molar-refractivity contribution is -0.381. The van der Waals surface area contributed by atoms with E-state index in [1.54, 1.807) is 13.1 Å². The van der Waals surface area contributed by atoms with Crippen LogP contribution in [0.2, 0.25) is 0 Å². The van der Waals surface area contributed by atoms with E-state index >= 15 is 0 Å². The van der Waals surface area contributed by atoms with Crippen molar-refractivity contribution in [3.05, 3.63) is 38.5 Å². The number of carbonyl (C=O) groups excluding carboxylic acids is 2. The molecule has 0 spiro atoms. The molecule has 0 aromatic carbocycles. The van der Waals surface area contributed by atoms with Crippen LogP contribution in [0.25, 0.3) is 0 Å². The number of thiophene rings is 1. The number of hydrogen-bond donors (Lipinski definition) is 0. The molecule has 10 nitrogen and oxygen atoms in total. The number of amides is 2. The van der Waals surface area contributed by atoms with E-state index in [9.17, 15) is 19.7 Å². The van der Waals surface area contributed by atoms with Crippen molar-refractivity contribution >= 4 is 28.2 Å². The number of hydrazine groups is 1. The van der Waals surface area contributed by atoms with Crippen LogP contribution in [0.1, 0.15) is 53.7 Å². The average Bonchev–Trinajstić information content (AvgIpc) is 3.36. The van der Waals surface area contributed by atoms with E-state index in [-0.39, 0.29) is 27.6 Å². The van der Waals surface area contributed by atoms with Crippen molar-refractivity contribution in [2.24, 2.45) is 7.05 Å².